The van der Waals surface area contributed by atoms with Crippen LogP contribution in [0, 0.1) is 18.3 Å². The number of nitrogens with zero attached hydrogens (tertiary/aromatic N) is 1. The van der Waals surface area contributed by atoms with Crippen molar-refractivity contribution in [2.75, 3.05) is 13.2 Å². The molecule has 1 amide bonds. The molecule has 0 spiro atoms. The van der Waals surface area contributed by atoms with Crippen LogP contribution in [0.1, 0.15) is 11.3 Å². The second kappa shape index (κ2) is 7.25. The lowest BCUT2D eigenvalue weighted by Crippen LogP contribution is -2.27. The maximum Gasteiger partial charge on any atom is 0.262 e. The van der Waals surface area contributed by atoms with Crippen LogP contribution in [0.25, 0.3) is 17.4 Å². The normalized spacial score (nSPS) is 11.0. The van der Waals surface area contributed by atoms with Crippen molar-refractivity contribution in [3.05, 3.63) is 53.3 Å². The molecule has 0 fully saturated rings. The largest absolute Gasteiger partial charge is 0.457 e. The van der Waals surface area contributed by atoms with Gasteiger partial charge in [-0.2, -0.15) is 5.26 Å². The summed E-state index contributed by atoms with van der Waals surface area (Å²) in [5.41, 5.74) is 2.01. The number of rotatable bonds is 5. The van der Waals surface area contributed by atoms with E-state index in [0.29, 0.717) is 11.5 Å². The molecule has 112 valence electrons. The third-order valence-electron chi connectivity index (χ3n) is 3.01. The van der Waals surface area contributed by atoms with Crippen molar-refractivity contribution >= 4 is 12.0 Å². The van der Waals surface area contributed by atoms with Gasteiger partial charge < -0.3 is 14.8 Å². The molecule has 0 unspecified atom stereocenters. The van der Waals surface area contributed by atoms with Gasteiger partial charge in [-0.1, -0.05) is 29.8 Å². The average molecular weight is 296 g/mol. The van der Waals surface area contributed by atoms with Crippen LogP contribution >= 0.6 is 0 Å². The predicted molar refractivity (Wildman–Crippen MR) is 82.6 cm³/mol. The molecule has 0 aliphatic carbocycles. The topological polar surface area (TPSA) is 86.3 Å². The molecule has 1 aromatic carbocycles. The van der Waals surface area contributed by atoms with Gasteiger partial charge in [0.1, 0.15) is 23.2 Å². The van der Waals surface area contributed by atoms with E-state index in [4.69, 9.17) is 14.8 Å². The molecule has 1 heterocycles. The number of aryl methyl sites for hydroxylation is 1. The highest BCUT2D eigenvalue weighted by atomic mass is 16.3. The van der Waals surface area contributed by atoms with Crippen LogP contribution in [0.2, 0.25) is 0 Å². The molecule has 0 bridgehead atoms. The van der Waals surface area contributed by atoms with Crippen molar-refractivity contribution < 1.29 is 14.3 Å². The predicted octanol–water partition coefficient (Wildman–Crippen LogP) is 2.27. The smallest absolute Gasteiger partial charge is 0.262 e. The summed E-state index contributed by atoms with van der Waals surface area (Å²) in [7, 11) is 0. The minimum absolute atomic E-state index is 0.0711. The van der Waals surface area contributed by atoms with Crippen molar-refractivity contribution in [1.82, 2.24) is 5.32 Å². The Labute approximate surface area is 128 Å². The number of furan rings is 1. The number of hydrogen-bond acceptors (Lipinski definition) is 4. The van der Waals surface area contributed by atoms with Crippen LogP contribution in [-0.4, -0.2) is 24.2 Å². The zero-order valence-corrected chi connectivity index (χ0v) is 12.2. The molecule has 2 N–H and O–H groups in total. The maximum atomic E-state index is 11.7. The van der Waals surface area contributed by atoms with E-state index < -0.39 is 5.91 Å². The van der Waals surface area contributed by atoms with Crippen molar-refractivity contribution in [2.45, 2.75) is 6.92 Å². The number of nitrogens with one attached hydrogen (secondary N) is 1. The lowest BCUT2D eigenvalue weighted by molar-refractivity contribution is -0.117. The molecule has 0 aliphatic rings. The number of amides is 1. The van der Waals surface area contributed by atoms with Gasteiger partial charge in [-0.25, -0.2) is 0 Å². The van der Waals surface area contributed by atoms with E-state index in [1.165, 1.54) is 6.08 Å². The molecule has 22 heavy (non-hydrogen) atoms. The molecule has 5 nitrogen and oxygen atoms in total. The SMILES string of the molecule is Cc1ccc(-c2ccc(/C=C(\C#N)C(=O)NCCO)o2)cc1. The lowest BCUT2D eigenvalue weighted by atomic mass is 10.1. The Hall–Kier alpha value is -2.84. The zero-order chi connectivity index (χ0) is 15.9. The van der Waals surface area contributed by atoms with Crippen molar-refractivity contribution in [3.8, 4) is 17.4 Å². The molecule has 0 saturated carbocycles. The Bertz CT molecular complexity index is 721. The van der Waals surface area contributed by atoms with E-state index in [0.717, 1.165) is 11.1 Å². The highest BCUT2D eigenvalue weighted by molar-refractivity contribution is 6.01. The highest BCUT2D eigenvalue weighted by Crippen LogP contribution is 2.23. The van der Waals surface area contributed by atoms with Crippen LogP contribution in [0.4, 0.5) is 0 Å². The summed E-state index contributed by atoms with van der Waals surface area (Å²) in [6.07, 6.45) is 1.38. The maximum absolute atomic E-state index is 11.7. The van der Waals surface area contributed by atoms with Gasteiger partial charge in [-0.3, -0.25) is 4.79 Å². The van der Waals surface area contributed by atoms with Crippen molar-refractivity contribution in [3.63, 3.8) is 0 Å². The summed E-state index contributed by atoms with van der Waals surface area (Å²) in [5.74, 6) is 0.551. The monoisotopic (exact) mass is 296 g/mol. The molecular formula is C17H16N2O3. The molecule has 0 radical (unpaired) electrons. The first-order chi connectivity index (χ1) is 10.6. The molecular weight excluding hydrogens is 280 g/mol. The number of nitriles is 1. The molecule has 1 aromatic heterocycles. The lowest BCUT2D eigenvalue weighted by Gasteiger charge is -2.00. The summed E-state index contributed by atoms with van der Waals surface area (Å²) < 4.78 is 5.64. The summed E-state index contributed by atoms with van der Waals surface area (Å²) in [4.78, 5) is 11.7. The first kappa shape index (κ1) is 15.5. The quantitative estimate of drug-likeness (QED) is 0.654. The molecule has 0 aliphatic heterocycles. The third-order valence-corrected chi connectivity index (χ3v) is 3.01. The van der Waals surface area contributed by atoms with E-state index in [9.17, 15) is 4.79 Å². The Morgan fingerprint density at radius 2 is 2.05 bits per heavy atom. The summed E-state index contributed by atoms with van der Waals surface area (Å²) in [6, 6.07) is 13.2. The van der Waals surface area contributed by atoms with Gasteiger partial charge in [0.2, 0.25) is 0 Å². The minimum Gasteiger partial charge on any atom is -0.457 e. The second-order valence-electron chi connectivity index (χ2n) is 4.72. The van der Waals surface area contributed by atoms with Crippen LogP contribution in [0.5, 0.6) is 0 Å². The Morgan fingerprint density at radius 1 is 1.32 bits per heavy atom. The number of carbonyl (C=O) groups excluding carboxylic acids is 1. The van der Waals surface area contributed by atoms with Gasteiger partial charge in [0.05, 0.1) is 6.61 Å². The van der Waals surface area contributed by atoms with Gasteiger partial charge >= 0.3 is 0 Å². The first-order valence-corrected chi connectivity index (χ1v) is 6.82. The van der Waals surface area contributed by atoms with Crippen LogP contribution in [-0.2, 0) is 4.79 Å². The fourth-order valence-electron chi connectivity index (χ4n) is 1.86. The van der Waals surface area contributed by atoms with E-state index in [-0.39, 0.29) is 18.7 Å². The summed E-state index contributed by atoms with van der Waals surface area (Å²) in [5, 5.41) is 20.1. The molecule has 0 saturated heterocycles. The molecule has 2 aromatic rings. The van der Waals surface area contributed by atoms with Gasteiger partial charge in [0, 0.05) is 18.2 Å². The number of carbonyl (C=O) groups is 1. The number of hydrogen-bond donors (Lipinski definition) is 2. The van der Waals surface area contributed by atoms with Gasteiger partial charge in [-0.15, -0.1) is 0 Å². The van der Waals surface area contributed by atoms with E-state index in [2.05, 4.69) is 5.32 Å². The average Bonchev–Trinajstić information content (AvgIpc) is 2.99. The second-order valence-corrected chi connectivity index (χ2v) is 4.72. The summed E-state index contributed by atoms with van der Waals surface area (Å²) in [6.45, 7) is 1.93. The van der Waals surface area contributed by atoms with E-state index in [1.54, 1.807) is 12.1 Å². The van der Waals surface area contributed by atoms with Crippen LogP contribution in [0.3, 0.4) is 0 Å². The fraction of sp³-hybridized carbons (Fsp3) is 0.176. The molecule has 2 rings (SSSR count). The number of benzene rings is 1. The van der Waals surface area contributed by atoms with Gasteiger partial charge in [0.15, 0.2) is 0 Å². The Balaban J connectivity index is 2.20. The van der Waals surface area contributed by atoms with E-state index in [1.807, 2.05) is 37.3 Å². The Kier molecular flexibility index (Phi) is 5.12. The van der Waals surface area contributed by atoms with Crippen LogP contribution < -0.4 is 5.32 Å². The van der Waals surface area contributed by atoms with Crippen molar-refractivity contribution in [1.29, 1.82) is 5.26 Å². The summed E-state index contributed by atoms with van der Waals surface area (Å²) >= 11 is 0. The number of aliphatic hydroxyl groups excluding tert-OH is 1. The van der Waals surface area contributed by atoms with Gasteiger partial charge in [0.25, 0.3) is 5.91 Å². The van der Waals surface area contributed by atoms with Crippen LogP contribution in [0.15, 0.2) is 46.4 Å². The number of aliphatic hydroxyl groups is 1. The first-order valence-electron chi connectivity index (χ1n) is 6.82. The minimum atomic E-state index is -0.537. The highest BCUT2D eigenvalue weighted by Gasteiger charge is 2.10. The molecule has 5 heteroatoms. The Morgan fingerprint density at radius 3 is 2.68 bits per heavy atom. The third kappa shape index (κ3) is 3.84. The fourth-order valence-corrected chi connectivity index (χ4v) is 1.86. The van der Waals surface area contributed by atoms with Crippen molar-refractivity contribution in [2.24, 2.45) is 0 Å². The molecule has 0 atom stereocenters. The zero-order valence-electron chi connectivity index (χ0n) is 12.2. The van der Waals surface area contributed by atoms with E-state index >= 15 is 0 Å². The standard InChI is InChI=1S/C17H16N2O3/c1-12-2-4-13(5-3-12)16-7-6-15(22-16)10-14(11-18)17(21)19-8-9-20/h2-7,10,20H,8-9H2,1H3,(H,19,21)/b14-10+. The van der Waals surface area contributed by atoms with Gasteiger partial charge in [-0.05, 0) is 19.1 Å².